The maximum Gasteiger partial charge on any atom is 0.407 e. The highest BCUT2D eigenvalue weighted by Crippen LogP contribution is 2.23. The number of hydrogen-bond donors (Lipinski definition) is 1. The Kier molecular flexibility index (Phi) is 4.94. The molecule has 1 aromatic carbocycles. The molecule has 1 saturated heterocycles. The highest BCUT2D eigenvalue weighted by Gasteiger charge is 2.27. The van der Waals surface area contributed by atoms with Crippen LogP contribution in [0.1, 0.15) is 34.1 Å². The minimum Gasteiger partial charge on any atom is -0.444 e. The van der Waals surface area contributed by atoms with E-state index in [0.717, 1.165) is 18.7 Å². The average Bonchev–Trinajstić information content (AvgIpc) is 2.36. The summed E-state index contributed by atoms with van der Waals surface area (Å²) in [6.07, 6.45) is 0.530. The second-order valence-electron chi connectivity index (χ2n) is 7.07. The zero-order valence-corrected chi connectivity index (χ0v) is 13.7. The minimum absolute atomic E-state index is 0.0312. The number of benzene rings is 1. The van der Waals surface area contributed by atoms with Crippen molar-refractivity contribution >= 4 is 11.8 Å². The predicted octanol–water partition coefficient (Wildman–Crippen LogP) is 3.57. The zero-order valence-electron chi connectivity index (χ0n) is 13.7. The summed E-state index contributed by atoms with van der Waals surface area (Å²) in [5.74, 6) is 0.205. The van der Waals surface area contributed by atoms with E-state index in [-0.39, 0.29) is 18.0 Å². The molecule has 122 valence electrons. The van der Waals surface area contributed by atoms with Gasteiger partial charge >= 0.3 is 6.09 Å². The van der Waals surface area contributed by atoms with Crippen molar-refractivity contribution in [2.45, 2.75) is 45.8 Å². The predicted molar refractivity (Wildman–Crippen MR) is 85.6 cm³/mol. The Hall–Kier alpha value is -1.78. The Morgan fingerprint density at radius 1 is 1.27 bits per heavy atom. The van der Waals surface area contributed by atoms with E-state index >= 15 is 0 Å². The van der Waals surface area contributed by atoms with Gasteiger partial charge in [0.25, 0.3) is 0 Å². The monoisotopic (exact) mass is 308 g/mol. The average molecular weight is 308 g/mol. The van der Waals surface area contributed by atoms with Gasteiger partial charge in [0, 0.05) is 24.8 Å². The fourth-order valence-electron chi connectivity index (χ4n) is 2.79. The lowest BCUT2D eigenvalue weighted by Crippen LogP contribution is -2.51. The molecule has 1 aliphatic heterocycles. The number of alkyl carbamates (subject to hydrolysis) is 1. The van der Waals surface area contributed by atoms with Crippen molar-refractivity contribution in [3.05, 3.63) is 30.1 Å². The van der Waals surface area contributed by atoms with Crippen LogP contribution in [-0.4, -0.2) is 30.8 Å². The van der Waals surface area contributed by atoms with Gasteiger partial charge in [-0.15, -0.1) is 0 Å². The van der Waals surface area contributed by atoms with Gasteiger partial charge in [-0.2, -0.15) is 0 Å². The molecule has 2 rings (SSSR count). The molecule has 0 spiro atoms. The van der Waals surface area contributed by atoms with Crippen LogP contribution in [0.25, 0.3) is 0 Å². The van der Waals surface area contributed by atoms with Crippen LogP contribution in [0.15, 0.2) is 24.3 Å². The fraction of sp³-hybridized carbons (Fsp3) is 0.588. The maximum absolute atomic E-state index is 13.0. The van der Waals surface area contributed by atoms with Gasteiger partial charge in [0.2, 0.25) is 0 Å². The lowest BCUT2D eigenvalue weighted by atomic mass is 9.95. The van der Waals surface area contributed by atoms with Gasteiger partial charge in [-0.05, 0) is 57.4 Å². The van der Waals surface area contributed by atoms with Gasteiger partial charge in [0.05, 0.1) is 0 Å². The second-order valence-corrected chi connectivity index (χ2v) is 7.07. The Balaban J connectivity index is 1.99. The quantitative estimate of drug-likeness (QED) is 0.908. The largest absolute Gasteiger partial charge is 0.444 e. The topological polar surface area (TPSA) is 41.6 Å². The van der Waals surface area contributed by atoms with E-state index < -0.39 is 5.60 Å². The van der Waals surface area contributed by atoms with Gasteiger partial charge in [0.1, 0.15) is 11.4 Å². The summed E-state index contributed by atoms with van der Waals surface area (Å²) in [5.41, 5.74) is 0.477. The summed E-state index contributed by atoms with van der Waals surface area (Å²) in [6.45, 7) is 9.30. The van der Waals surface area contributed by atoms with Crippen molar-refractivity contribution in [1.82, 2.24) is 5.32 Å². The lowest BCUT2D eigenvalue weighted by Gasteiger charge is -2.38. The summed E-state index contributed by atoms with van der Waals surface area (Å²) in [5, 5.41) is 2.94. The van der Waals surface area contributed by atoms with Crippen LogP contribution < -0.4 is 10.2 Å². The molecule has 1 aromatic rings. The number of piperidine rings is 1. The molecule has 1 amide bonds. The van der Waals surface area contributed by atoms with E-state index in [4.69, 9.17) is 4.74 Å². The van der Waals surface area contributed by atoms with E-state index in [2.05, 4.69) is 17.1 Å². The zero-order chi connectivity index (χ0) is 16.3. The Morgan fingerprint density at radius 3 is 2.50 bits per heavy atom. The molecule has 1 fully saturated rings. The number of rotatable bonds is 2. The molecular weight excluding hydrogens is 283 g/mol. The first-order valence-corrected chi connectivity index (χ1v) is 7.73. The smallest absolute Gasteiger partial charge is 0.407 e. The van der Waals surface area contributed by atoms with Crippen LogP contribution in [0.5, 0.6) is 0 Å². The van der Waals surface area contributed by atoms with E-state index in [9.17, 15) is 9.18 Å². The number of amides is 1. The Bertz CT molecular complexity index is 510. The number of hydrogen-bond acceptors (Lipinski definition) is 3. The summed E-state index contributed by atoms with van der Waals surface area (Å²) in [6, 6.07) is 6.51. The molecule has 0 bridgehead atoms. The van der Waals surface area contributed by atoms with Gasteiger partial charge in [-0.25, -0.2) is 9.18 Å². The molecule has 2 atom stereocenters. The van der Waals surface area contributed by atoms with Gasteiger partial charge < -0.3 is 15.0 Å². The lowest BCUT2D eigenvalue weighted by molar-refractivity contribution is 0.0495. The van der Waals surface area contributed by atoms with E-state index in [1.807, 2.05) is 20.8 Å². The van der Waals surface area contributed by atoms with E-state index in [0.29, 0.717) is 12.5 Å². The summed E-state index contributed by atoms with van der Waals surface area (Å²) in [4.78, 5) is 14.1. The molecule has 0 radical (unpaired) electrons. The fourth-order valence-corrected chi connectivity index (χ4v) is 2.79. The van der Waals surface area contributed by atoms with Gasteiger partial charge in [-0.1, -0.05) is 6.92 Å². The SMILES string of the molecule is CC1CC(NC(=O)OC(C)(C)C)CN(c2ccc(F)cc2)C1. The van der Waals surface area contributed by atoms with Crippen LogP contribution in [0.2, 0.25) is 0 Å². The summed E-state index contributed by atoms with van der Waals surface area (Å²) >= 11 is 0. The second kappa shape index (κ2) is 6.55. The van der Waals surface area contributed by atoms with Gasteiger partial charge in [0.15, 0.2) is 0 Å². The first-order valence-electron chi connectivity index (χ1n) is 7.73. The molecular formula is C17H25FN2O2. The Morgan fingerprint density at radius 2 is 1.91 bits per heavy atom. The molecule has 4 nitrogen and oxygen atoms in total. The molecule has 0 aromatic heterocycles. The molecule has 1 N–H and O–H groups in total. The molecule has 2 unspecified atom stereocenters. The van der Waals surface area contributed by atoms with Crippen molar-refractivity contribution < 1.29 is 13.9 Å². The van der Waals surface area contributed by atoms with Crippen molar-refractivity contribution in [1.29, 1.82) is 0 Å². The Labute approximate surface area is 131 Å². The van der Waals surface area contributed by atoms with Crippen molar-refractivity contribution in [3.63, 3.8) is 0 Å². The number of carbonyl (C=O) groups is 1. The third-order valence-electron chi connectivity index (χ3n) is 3.57. The molecule has 0 aliphatic carbocycles. The van der Waals surface area contributed by atoms with Crippen LogP contribution in [-0.2, 0) is 4.74 Å². The van der Waals surface area contributed by atoms with Crippen molar-refractivity contribution in [3.8, 4) is 0 Å². The van der Waals surface area contributed by atoms with Crippen LogP contribution in [0.3, 0.4) is 0 Å². The molecule has 1 heterocycles. The first-order chi connectivity index (χ1) is 10.2. The maximum atomic E-state index is 13.0. The summed E-state index contributed by atoms with van der Waals surface area (Å²) in [7, 11) is 0. The van der Waals surface area contributed by atoms with Crippen LogP contribution in [0.4, 0.5) is 14.9 Å². The molecule has 0 saturated carbocycles. The number of ether oxygens (including phenoxy) is 1. The number of nitrogens with one attached hydrogen (secondary N) is 1. The van der Waals surface area contributed by atoms with Crippen LogP contribution in [0, 0.1) is 11.7 Å². The highest BCUT2D eigenvalue weighted by molar-refractivity contribution is 5.68. The highest BCUT2D eigenvalue weighted by atomic mass is 19.1. The van der Waals surface area contributed by atoms with E-state index in [1.165, 1.54) is 12.1 Å². The number of nitrogens with zero attached hydrogens (tertiary/aromatic N) is 1. The number of anilines is 1. The van der Waals surface area contributed by atoms with Crippen molar-refractivity contribution in [2.75, 3.05) is 18.0 Å². The minimum atomic E-state index is -0.499. The molecule has 22 heavy (non-hydrogen) atoms. The van der Waals surface area contributed by atoms with Gasteiger partial charge in [-0.3, -0.25) is 0 Å². The first kappa shape index (κ1) is 16.6. The van der Waals surface area contributed by atoms with Crippen molar-refractivity contribution in [2.24, 2.45) is 5.92 Å². The standard InChI is InChI=1S/C17H25FN2O2/c1-12-9-14(19-16(21)22-17(2,3)4)11-20(10-12)15-7-5-13(18)6-8-15/h5-8,12,14H,9-11H2,1-4H3,(H,19,21). The third kappa shape index (κ3) is 4.90. The van der Waals surface area contributed by atoms with E-state index in [1.54, 1.807) is 12.1 Å². The molecule has 1 aliphatic rings. The van der Waals surface area contributed by atoms with Crippen LogP contribution >= 0.6 is 0 Å². The third-order valence-corrected chi connectivity index (χ3v) is 3.57. The number of carbonyl (C=O) groups excluding carboxylic acids is 1. The summed E-state index contributed by atoms with van der Waals surface area (Å²) < 4.78 is 18.4. The molecule has 5 heteroatoms. The number of halogens is 1. The normalized spacial score (nSPS) is 22.3.